The van der Waals surface area contributed by atoms with Crippen molar-refractivity contribution in [1.82, 2.24) is 0 Å². The van der Waals surface area contributed by atoms with Gasteiger partial charge in [-0.15, -0.1) is 0 Å². The van der Waals surface area contributed by atoms with Crippen LogP contribution in [-0.2, 0) is 14.4 Å². The Bertz CT molecular complexity index is 1140. The number of ketones is 2. The highest BCUT2D eigenvalue weighted by Gasteiger charge is 2.63. The third-order valence-electron chi connectivity index (χ3n) is 6.23. The normalized spacial score (nSPS) is 30.6. The lowest BCUT2D eigenvalue weighted by Crippen LogP contribution is -2.60. The number of fused-ring (bicyclic) bond motifs is 3. The van der Waals surface area contributed by atoms with Crippen molar-refractivity contribution >= 4 is 29.3 Å². The highest BCUT2D eigenvalue weighted by Crippen LogP contribution is 2.56. The number of aliphatic hydroxyl groups is 3. The summed E-state index contributed by atoms with van der Waals surface area (Å²) in [6.07, 6.45) is -0.0963. The van der Waals surface area contributed by atoms with Crippen molar-refractivity contribution < 1.29 is 39.6 Å². The molecule has 30 heavy (non-hydrogen) atoms. The average molecular weight is 411 g/mol. The first-order valence-corrected chi connectivity index (χ1v) is 9.01. The first-order valence-electron chi connectivity index (χ1n) is 9.01. The van der Waals surface area contributed by atoms with Crippen LogP contribution in [0.5, 0.6) is 5.75 Å². The van der Waals surface area contributed by atoms with Crippen molar-refractivity contribution in [3.05, 3.63) is 58.6 Å². The molecule has 1 aromatic rings. The van der Waals surface area contributed by atoms with E-state index in [1.165, 1.54) is 18.2 Å². The second-order valence-electron chi connectivity index (χ2n) is 7.60. The number of hydrogen-bond donors (Lipinski definition) is 5. The van der Waals surface area contributed by atoms with Gasteiger partial charge < -0.3 is 31.0 Å². The minimum atomic E-state index is -2.83. The van der Waals surface area contributed by atoms with E-state index >= 15 is 0 Å². The van der Waals surface area contributed by atoms with Crippen LogP contribution in [0.15, 0.2) is 47.4 Å². The van der Waals surface area contributed by atoms with Crippen LogP contribution in [0, 0.1) is 17.8 Å². The summed E-state index contributed by atoms with van der Waals surface area (Å²) in [4.78, 5) is 49.8. The lowest BCUT2D eigenvalue weighted by Gasteiger charge is -2.49. The number of hydrogen-bond acceptors (Lipinski definition) is 8. The lowest BCUT2D eigenvalue weighted by molar-refractivity contribution is -0.148. The number of aliphatic hydroxyl groups excluding tert-OH is 2. The highest BCUT2D eigenvalue weighted by molar-refractivity contribution is 6.25. The molecule has 0 fully saturated rings. The van der Waals surface area contributed by atoms with Gasteiger partial charge in [-0.2, -0.15) is 0 Å². The molecular weight excluding hydrogens is 394 g/mol. The molecule has 0 aliphatic heterocycles. The number of aldehydes is 1. The molecule has 1 amide bonds. The zero-order valence-electron chi connectivity index (χ0n) is 15.5. The van der Waals surface area contributed by atoms with Gasteiger partial charge in [0.05, 0.1) is 5.56 Å². The quantitative estimate of drug-likeness (QED) is 0.345. The van der Waals surface area contributed by atoms with E-state index in [1.54, 1.807) is 0 Å². The standard InChI is InChI=1S/C21H17NO8/c1-7-8-3-2-4-11(24)14(8)17(26)16-13(7)9(6-23)10-5-12(25)15(20(22)29)18(27)21(10,30)19(16)28/h2-4,6,9-10,13,24-25,28,30H,1,5H2,(H2,22,29)/t9-,10-,13+,21-/m1/s1. The molecule has 0 aromatic heterocycles. The molecule has 6 N–H and O–H groups in total. The molecule has 0 spiro atoms. The van der Waals surface area contributed by atoms with Crippen molar-refractivity contribution in [2.45, 2.75) is 12.0 Å². The van der Waals surface area contributed by atoms with Crippen LogP contribution < -0.4 is 5.73 Å². The van der Waals surface area contributed by atoms with Crippen LogP contribution in [-0.4, -0.2) is 49.8 Å². The van der Waals surface area contributed by atoms with Gasteiger partial charge in [-0.05, 0) is 17.2 Å². The van der Waals surface area contributed by atoms with E-state index in [1.807, 2.05) is 0 Å². The van der Waals surface area contributed by atoms with Gasteiger partial charge in [0.25, 0.3) is 5.91 Å². The summed E-state index contributed by atoms with van der Waals surface area (Å²) in [6.45, 7) is 3.91. The number of Topliss-reactive ketones (excluding diaryl/α,β-unsaturated/α-hetero) is 2. The summed E-state index contributed by atoms with van der Waals surface area (Å²) in [5.41, 5.74) is 1.22. The molecule has 0 bridgehead atoms. The minimum absolute atomic E-state index is 0.191. The molecular formula is C21H17NO8. The molecule has 0 heterocycles. The third-order valence-corrected chi connectivity index (χ3v) is 6.23. The number of benzene rings is 1. The predicted molar refractivity (Wildman–Crippen MR) is 101 cm³/mol. The molecule has 3 aliphatic carbocycles. The van der Waals surface area contributed by atoms with E-state index in [0.29, 0.717) is 6.29 Å². The Hall–Kier alpha value is -3.72. The third kappa shape index (κ3) is 2.15. The Morgan fingerprint density at radius 1 is 1.23 bits per heavy atom. The van der Waals surface area contributed by atoms with Crippen LogP contribution in [0.1, 0.15) is 22.3 Å². The molecule has 9 nitrogen and oxygen atoms in total. The first-order chi connectivity index (χ1) is 14.1. The van der Waals surface area contributed by atoms with Crippen LogP contribution >= 0.6 is 0 Å². The van der Waals surface area contributed by atoms with E-state index in [-0.39, 0.29) is 16.7 Å². The largest absolute Gasteiger partial charge is 0.511 e. The maximum Gasteiger partial charge on any atom is 0.255 e. The zero-order chi connectivity index (χ0) is 22.1. The smallest absolute Gasteiger partial charge is 0.255 e. The van der Waals surface area contributed by atoms with Gasteiger partial charge in [0.2, 0.25) is 5.78 Å². The van der Waals surface area contributed by atoms with E-state index in [9.17, 15) is 39.6 Å². The Morgan fingerprint density at radius 2 is 1.90 bits per heavy atom. The van der Waals surface area contributed by atoms with Crippen molar-refractivity contribution in [3.63, 3.8) is 0 Å². The molecule has 4 atom stereocenters. The molecule has 0 unspecified atom stereocenters. The van der Waals surface area contributed by atoms with Gasteiger partial charge in [-0.25, -0.2) is 0 Å². The number of amides is 1. The number of allylic oxidation sites excluding steroid dienone is 3. The summed E-state index contributed by atoms with van der Waals surface area (Å²) in [5, 5.41) is 42.5. The van der Waals surface area contributed by atoms with E-state index in [0.717, 1.165) is 0 Å². The fourth-order valence-corrected chi connectivity index (χ4v) is 4.85. The van der Waals surface area contributed by atoms with Crippen molar-refractivity contribution in [1.29, 1.82) is 0 Å². The molecule has 0 saturated heterocycles. The summed E-state index contributed by atoms with van der Waals surface area (Å²) in [7, 11) is 0. The number of rotatable bonds is 2. The van der Waals surface area contributed by atoms with Gasteiger partial charge in [-0.1, -0.05) is 18.7 Å². The summed E-state index contributed by atoms with van der Waals surface area (Å²) in [6, 6.07) is 4.24. The van der Waals surface area contributed by atoms with Gasteiger partial charge in [-0.3, -0.25) is 14.4 Å². The first kappa shape index (κ1) is 19.6. The maximum absolute atomic E-state index is 13.2. The molecule has 154 valence electrons. The van der Waals surface area contributed by atoms with Gasteiger partial charge in [0.15, 0.2) is 11.4 Å². The topological polar surface area (TPSA) is 175 Å². The van der Waals surface area contributed by atoms with Gasteiger partial charge in [0, 0.05) is 29.7 Å². The molecule has 0 radical (unpaired) electrons. The Kier molecular flexibility index (Phi) is 4.01. The monoisotopic (exact) mass is 411 g/mol. The number of nitrogens with two attached hydrogens (primary N) is 1. The molecule has 0 saturated carbocycles. The number of phenolic OH excluding ortho intramolecular Hbond substituents is 1. The number of primary amides is 1. The van der Waals surface area contributed by atoms with Gasteiger partial charge in [0.1, 0.15) is 29.1 Å². The van der Waals surface area contributed by atoms with Crippen molar-refractivity contribution in [2.75, 3.05) is 0 Å². The van der Waals surface area contributed by atoms with Crippen LogP contribution in [0.2, 0.25) is 0 Å². The lowest BCUT2D eigenvalue weighted by atomic mass is 9.55. The van der Waals surface area contributed by atoms with Crippen molar-refractivity contribution in [3.8, 4) is 5.75 Å². The Labute approximate surface area is 169 Å². The molecule has 9 heteroatoms. The van der Waals surface area contributed by atoms with Crippen LogP contribution in [0.25, 0.3) is 5.57 Å². The highest BCUT2D eigenvalue weighted by atomic mass is 16.3. The predicted octanol–water partition coefficient (Wildman–Crippen LogP) is 0.476. The van der Waals surface area contributed by atoms with E-state index in [4.69, 9.17) is 5.73 Å². The fraction of sp³-hybridized carbons (Fsp3) is 0.238. The minimum Gasteiger partial charge on any atom is -0.511 e. The van der Waals surface area contributed by atoms with Crippen LogP contribution in [0.4, 0.5) is 0 Å². The average Bonchev–Trinajstić information content (AvgIpc) is 2.68. The second-order valence-corrected chi connectivity index (χ2v) is 7.60. The van der Waals surface area contributed by atoms with Gasteiger partial charge >= 0.3 is 0 Å². The maximum atomic E-state index is 13.2. The summed E-state index contributed by atoms with van der Waals surface area (Å²) in [5.74, 6) is -9.50. The SMILES string of the molecule is C=C1c2cccc(O)c2C(=O)C2=C(O)[C@]3(O)C(=O)C(C(N)=O)=C(O)C[C@@H]3[C@@H](C=O)[C@H]12. The zero-order valence-corrected chi connectivity index (χ0v) is 15.5. The van der Waals surface area contributed by atoms with E-state index in [2.05, 4.69) is 6.58 Å². The fourth-order valence-electron chi connectivity index (χ4n) is 4.85. The second kappa shape index (κ2) is 6.14. The summed E-state index contributed by atoms with van der Waals surface area (Å²) >= 11 is 0. The Balaban J connectivity index is 2.05. The Morgan fingerprint density at radius 3 is 2.50 bits per heavy atom. The van der Waals surface area contributed by atoms with E-state index < -0.39 is 75.7 Å². The molecule has 3 aliphatic rings. The van der Waals surface area contributed by atoms with Crippen molar-refractivity contribution in [2.24, 2.45) is 23.5 Å². The number of phenols is 1. The number of aromatic hydroxyl groups is 1. The van der Waals surface area contributed by atoms with Crippen LogP contribution in [0.3, 0.4) is 0 Å². The molecule has 1 aromatic carbocycles. The summed E-state index contributed by atoms with van der Waals surface area (Å²) < 4.78 is 0. The molecule has 4 rings (SSSR count). The number of carbonyl (C=O) groups is 4. The number of carbonyl (C=O) groups excluding carboxylic acids is 4.